The molecule has 16 heavy (non-hydrogen) atoms. The summed E-state index contributed by atoms with van der Waals surface area (Å²) in [5.74, 6) is 0.441. The summed E-state index contributed by atoms with van der Waals surface area (Å²) in [6.07, 6.45) is 4.69. The van der Waals surface area contributed by atoms with Crippen molar-refractivity contribution in [2.24, 2.45) is 0 Å². The molecule has 5 heteroatoms. The van der Waals surface area contributed by atoms with Crippen molar-refractivity contribution in [2.45, 2.75) is 13.5 Å². The third-order valence-corrected chi connectivity index (χ3v) is 2.04. The van der Waals surface area contributed by atoms with Gasteiger partial charge < -0.3 is 9.73 Å². The molecule has 2 heterocycles. The first-order chi connectivity index (χ1) is 7.75. The van der Waals surface area contributed by atoms with Gasteiger partial charge in [-0.2, -0.15) is 0 Å². The van der Waals surface area contributed by atoms with Crippen LogP contribution in [0.3, 0.4) is 0 Å². The van der Waals surface area contributed by atoms with E-state index in [9.17, 15) is 4.79 Å². The fourth-order valence-electron chi connectivity index (χ4n) is 1.27. The Morgan fingerprint density at radius 1 is 1.44 bits per heavy atom. The largest absolute Gasteiger partial charge is 0.449 e. The van der Waals surface area contributed by atoms with Crippen LogP contribution in [0, 0.1) is 6.92 Å². The van der Waals surface area contributed by atoms with E-state index in [0.29, 0.717) is 23.7 Å². The highest BCUT2D eigenvalue weighted by atomic mass is 16.3. The maximum Gasteiger partial charge on any atom is 0.251 e. The minimum atomic E-state index is -0.150. The SMILES string of the molecule is Cc1nc(CNC(=O)c2ccncc2)co1. The zero-order valence-corrected chi connectivity index (χ0v) is 8.80. The van der Waals surface area contributed by atoms with Crippen LogP contribution in [-0.2, 0) is 6.54 Å². The summed E-state index contributed by atoms with van der Waals surface area (Å²) in [6, 6.07) is 3.31. The molecule has 0 atom stereocenters. The van der Waals surface area contributed by atoms with Gasteiger partial charge in [-0.05, 0) is 12.1 Å². The quantitative estimate of drug-likeness (QED) is 0.841. The van der Waals surface area contributed by atoms with Crippen molar-refractivity contribution in [3.8, 4) is 0 Å². The fourth-order valence-corrected chi connectivity index (χ4v) is 1.27. The molecule has 0 aromatic carbocycles. The number of amides is 1. The molecule has 2 aromatic heterocycles. The lowest BCUT2D eigenvalue weighted by atomic mass is 10.2. The number of oxazole rings is 1. The molecule has 0 radical (unpaired) electrons. The smallest absolute Gasteiger partial charge is 0.251 e. The number of carbonyl (C=O) groups excluding carboxylic acids is 1. The molecule has 0 fully saturated rings. The minimum absolute atomic E-state index is 0.150. The monoisotopic (exact) mass is 217 g/mol. The third-order valence-electron chi connectivity index (χ3n) is 2.04. The van der Waals surface area contributed by atoms with Gasteiger partial charge in [0, 0.05) is 24.9 Å². The standard InChI is InChI=1S/C11H11N3O2/c1-8-14-10(7-16-8)6-13-11(15)9-2-4-12-5-3-9/h2-5,7H,6H2,1H3,(H,13,15). The number of carbonyl (C=O) groups is 1. The van der Waals surface area contributed by atoms with Crippen molar-refractivity contribution in [1.29, 1.82) is 0 Å². The van der Waals surface area contributed by atoms with Crippen LogP contribution in [0.15, 0.2) is 35.2 Å². The lowest BCUT2D eigenvalue weighted by Crippen LogP contribution is -2.22. The molecule has 1 N–H and O–H groups in total. The first-order valence-corrected chi connectivity index (χ1v) is 4.85. The number of pyridine rings is 1. The molecule has 1 amide bonds. The van der Waals surface area contributed by atoms with Crippen molar-refractivity contribution in [3.05, 3.63) is 47.9 Å². The summed E-state index contributed by atoms with van der Waals surface area (Å²) in [5.41, 5.74) is 1.29. The molecule has 0 aliphatic rings. The molecular weight excluding hydrogens is 206 g/mol. The average molecular weight is 217 g/mol. The maximum absolute atomic E-state index is 11.6. The molecular formula is C11H11N3O2. The van der Waals surface area contributed by atoms with E-state index in [2.05, 4.69) is 15.3 Å². The zero-order chi connectivity index (χ0) is 11.4. The highest BCUT2D eigenvalue weighted by Crippen LogP contribution is 2.01. The van der Waals surface area contributed by atoms with Crippen LogP contribution in [0.25, 0.3) is 0 Å². The Kier molecular flexibility index (Phi) is 2.95. The van der Waals surface area contributed by atoms with Gasteiger partial charge in [0.1, 0.15) is 6.26 Å². The Hall–Kier alpha value is -2.17. The van der Waals surface area contributed by atoms with Crippen molar-refractivity contribution in [3.63, 3.8) is 0 Å². The van der Waals surface area contributed by atoms with Gasteiger partial charge in [-0.15, -0.1) is 0 Å². The van der Waals surface area contributed by atoms with Gasteiger partial charge in [0.25, 0.3) is 5.91 Å². The Balaban J connectivity index is 1.94. The molecule has 82 valence electrons. The summed E-state index contributed by atoms with van der Waals surface area (Å²) in [6.45, 7) is 2.12. The molecule has 0 bridgehead atoms. The van der Waals surface area contributed by atoms with Crippen LogP contribution in [0.5, 0.6) is 0 Å². The maximum atomic E-state index is 11.6. The van der Waals surface area contributed by atoms with Crippen LogP contribution in [-0.4, -0.2) is 15.9 Å². The van der Waals surface area contributed by atoms with E-state index >= 15 is 0 Å². The lowest BCUT2D eigenvalue weighted by molar-refractivity contribution is 0.0950. The molecule has 0 unspecified atom stereocenters. The first kappa shape index (κ1) is 10.4. The van der Waals surface area contributed by atoms with Crippen molar-refractivity contribution >= 4 is 5.91 Å². The normalized spacial score (nSPS) is 10.1. The second-order valence-corrected chi connectivity index (χ2v) is 3.28. The minimum Gasteiger partial charge on any atom is -0.449 e. The zero-order valence-electron chi connectivity index (χ0n) is 8.80. The number of aryl methyl sites for hydroxylation is 1. The van der Waals surface area contributed by atoms with Gasteiger partial charge in [0.2, 0.25) is 0 Å². The second kappa shape index (κ2) is 4.57. The molecule has 0 aliphatic carbocycles. The number of rotatable bonds is 3. The Morgan fingerprint density at radius 3 is 2.81 bits per heavy atom. The summed E-state index contributed by atoms with van der Waals surface area (Å²) in [7, 11) is 0. The van der Waals surface area contributed by atoms with E-state index < -0.39 is 0 Å². The summed E-state index contributed by atoms with van der Waals surface area (Å²) < 4.78 is 5.03. The number of nitrogens with one attached hydrogen (secondary N) is 1. The van der Waals surface area contributed by atoms with E-state index in [-0.39, 0.29) is 5.91 Å². The fraction of sp³-hybridized carbons (Fsp3) is 0.182. The van der Waals surface area contributed by atoms with Gasteiger partial charge in [-0.25, -0.2) is 4.98 Å². The van der Waals surface area contributed by atoms with Gasteiger partial charge in [0.05, 0.1) is 12.2 Å². The highest BCUT2D eigenvalue weighted by molar-refractivity contribution is 5.93. The molecule has 0 saturated carbocycles. The lowest BCUT2D eigenvalue weighted by Gasteiger charge is -2.01. The molecule has 0 aliphatic heterocycles. The van der Waals surface area contributed by atoms with E-state index in [1.165, 1.54) is 6.26 Å². The first-order valence-electron chi connectivity index (χ1n) is 4.85. The number of hydrogen-bond donors (Lipinski definition) is 1. The number of nitrogens with zero attached hydrogens (tertiary/aromatic N) is 2. The highest BCUT2D eigenvalue weighted by Gasteiger charge is 2.05. The van der Waals surface area contributed by atoms with Crippen molar-refractivity contribution in [2.75, 3.05) is 0 Å². The summed E-state index contributed by atoms with van der Waals surface area (Å²) in [4.78, 5) is 19.6. The Morgan fingerprint density at radius 2 is 2.19 bits per heavy atom. The number of aromatic nitrogens is 2. The third kappa shape index (κ3) is 2.44. The van der Waals surface area contributed by atoms with Gasteiger partial charge in [-0.1, -0.05) is 0 Å². The van der Waals surface area contributed by atoms with Crippen LogP contribution in [0.1, 0.15) is 21.9 Å². The Labute approximate surface area is 92.5 Å². The van der Waals surface area contributed by atoms with Crippen LogP contribution in [0.2, 0.25) is 0 Å². The van der Waals surface area contributed by atoms with Crippen LogP contribution >= 0.6 is 0 Å². The van der Waals surface area contributed by atoms with Gasteiger partial charge >= 0.3 is 0 Å². The van der Waals surface area contributed by atoms with E-state index in [0.717, 1.165) is 0 Å². The predicted molar refractivity (Wildman–Crippen MR) is 56.6 cm³/mol. The van der Waals surface area contributed by atoms with Crippen LogP contribution in [0.4, 0.5) is 0 Å². The molecule has 0 saturated heterocycles. The van der Waals surface area contributed by atoms with E-state index in [4.69, 9.17) is 4.42 Å². The van der Waals surface area contributed by atoms with E-state index in [1.54, 1.807) is 31.5 Å². The molecule has 2 aromatic rings. The molecule has 5 nitrogen and oxygen atoms in total. The van der Waals surface area contributed by atoms with E-state index in [1.807, 2.05) is 0 Å². The average Bonchev–Trinajstić information content (AvgIpc) is 2.73. The van der Waals surface area contributed by atoms with Gasteiger partial charge in [0.15, 0.2) is 5.89 Å². The van der Waals surface area contributed by atoms with Crippen molar-refractivity contribution < 1.29 is 9.21 Å². The number of hydrogen-bond acceptors (Lipinski definition) is 4. The Bertz CT molecular complexity index is 479. The summed E-state index contributed by atoms with van der Waals surface area (Å²) >= 11 is 0. The van der Waals surface area contributed by atoms with Crippen LogP contribution < -0.4 is 5.32 Å². The summed E-state index contributed by atoms with van der Waals surface area (Å²) in [5, 5.41) is 2.74. The van der Waals surface area contributed by atoms with Gasteiger partial charge in [-0.3, -0.25) is 9.78 Å². The van der Waals surface area contributed by atoms with Crippen molar-refractivity contribution in [1.82, 2.24) is 15.3 Å². The topological polar surface area (TPSA) is 68.0 Å². The second-order valence-electron chi connectivity index (χ2n) is 3.28. The molecule has 0 spiro atoms. The predicted octanol–water partition coefficient (Wildman–Crippen LogP) is 1.31. The molecule has 2 rings (SSSR count).